The highest BCUT2D eigenvalue weighted by molar-refractivity contribution is 5.98. The average Bonchev–Trinajstić information content (AvgIpc) is 2.94. The molecule has 0 amide bonds. The van der Waals surface area contributed by atoms with E-state index in [1.54, 1.807) is 4.68 Å². The minimum absolute atomic E-state index is 0.426. The normalized spacial score (nSPS) is 15.3. The van der Waals surface area contributed by atoms with Gasteiger partial charge >= 0.3 is 0 Å². The molecular formula is C15H17N7O. The zero-order valence-corrected chi connectivity index (χ0v) is 12.8. The van der Waals surface area contributed by atoms with Gasteiger partial charge in [0.1, 0.15) is 23.7 Å². The molecule has 0 radical (unpaired) electrons. The van der Waals surface area contributed by atoms with Crippen LogP contribution in [0.4, 0.5) is 11.6 Å². The number of pyridine rings is 1. The third kappa shape index (κ3) is 2.36. The summed E-state index contributed by atoms with van der Waals surface area (Å²) in [5.74, 6) is 1.37. The van der Waals surface area contributed by atoms with Crippen molar-refractivity contribution in [3.05, 3.63) is 24.7 Å². The van der Waals surface area contributed by atoms with Crippen LogP contribution in [0.5, 0.6) is 0 Å². The van der Waals surface area contributed by atoms with Crippen molar-refractivity contribution in [2.75, 3.05) is 36.9 Å². The van der Waals surface area contributed by atoms with E-state index in [0.29, 0.717) is 11.5 Å². The number of ether oxygens (including phenoxy) is 1. The number of aryl methyl sites for hydroxylation is 1. The molecule has 3 aromatic rings. The van der Waals surface area contributed by atoms with Crippen molar-refractivity contribution in [3.8, 4) is 11.3 Å². The maximum absolute atomic E-state index is 6.01. The summed E-state index contributed by atoms with van der Waals surface area (Å²) in [6.07, 6.45) is 3.27. The van der Waals surface area contributed by atoms with Crippen LogP contribution < -0.4 is 10.6 Å². The van der Waals surface area contributed by atoms with Gasteiger partial charge in [-0.3, -0.25) is 0 Å². The Kier molecular flexibility index (Phi) is 3.30. The molecule has 3 aromatic heterocycles. The highest BCUT2D eigenvalue weighted by atomic mass is 16.5. The van der Waals surface area contributed by atoms with Gasteiger partial charge < -0.3 is 15.4 Å². The number of morpholine rings is 1. The third-order valence-corrected chi connectivity index (χ3v) is 4.01. The Morgan fingerprint density at radius 3 is 2.70 bits per heavy atom. The van der Waals surface area contributed by atoms with Crippen molar-refractivity contribution in [2.24, 2.45) is 7.05 Å². The Balaban J connectivity index is 1.74. The van der Waals surface area contributed by atoms with E-state index in [1.807, 2.05) is 25.4 Å². The summed E-state index contributed by atoms with van der Waals surface area (Å²) in [6.45, 7) is 3.20. The molecule has 0 unspecified atom stereocenters. The van der Waals surface area contributed by atoms with E-state index < -0.39 is 0 Å². The van der Waals surface area contributed by atoms with E-state index in [4.69, 9.17) is 10.5 Å². The lowest BCUT2D eigenvalue weighted by Crippen LogP contribution is -2.36. The number of fused-ring (bicyclic) bond motifs is 1. The number of rotatable bonds is 2. The summed E-state index contributed by atoms with van der Waals surface area (Å²) in [5.41, 5.74) is 8.37. The first kappa shape index (κ1) is 13.9. The van der Waals surface area contributed by atoms with Crippen molar-refractivity contribution >= 4 is 22.7 Å². The van der Waals surface area contributed by atoms with Crippen molar-refractivity contribution in [3.63, 3.8) is 0 Å². The fourth-order valence-corrected chi connectivity index (χ4v) is 2.82. The molecule has 0 spiro atoms. The second-order valence-corrected chi connectivity index (χ2v) is 5.43. The molecule has 1 fully saturated rings. The highest BCUT2D eigenvalue weighted by Crippen LogP contribution is 2.29. The predicted molar refractivity (Wildman–Crippen MR) is 87.0 cm³/mol. The van der Waals surface area contributed by atoms with Crippen molar-refractivity contribution < 1.29 is 4.74 Å². The van der Waals surface area contributed by atoms with Gasteiger partial charge in [-0.2, -0.15) is 5.10 Å². The Bertz CT molecular complexity index is 837. The first-order valence-electron chi connectivity index (χ1n) is 7.46. The maximum atomic E-state index is 6.01. The van der Waals surface area contributed by atoms with Crippen LogP contribution in [-0.2, 0) is 11.8 Å². The van der Waals surface area contributed by atoms with Gasteiger partial charge in [-0.15, -0.1) is 0 Å². The van der Waals surface area contributed by atoms with Gasteiger partial charge in [0.2, 0.25) is 0 Å². The lowest BCUT2D eigenvalue weighted by Gasteiger charge is -2.27. The van der Waals surface area contributed by atoms with E-state index in [1.165, 1.54) is 6.33 Å². The first-order valence-corrected chi connectivity index (χ1v) is 7.46. The van der Waals surface area contributed by atoms with Crippen molar-refractivity contribution in [1.29, 1.82) is 0 Å². The van der Waals surface area contributed by atoms with Gasteiger partial charge in [0.15, 0.2) is 5.65 Å². The summed E-state index contributed by atoms with van der Waals surface area (Å²) in [5, 5.41) is 5.28. The van der Waals surface area contributed by atoms with E-state index >= 15 is 0 Å². The summed E-state index contributed by atoms with van der Waals surface area (Å²) in [4.78, 5) is 15.1. The number of aromatic nitrogens is 5. The Morgan fingerprint density at radius 1 is 1.13 bits per heavy atom. The van der Waals surface area contributed by atoms with Crippen LogP contribution >= 0.6 is 0 Å². The molecule has 1 aliphatic heterocycles. The summed E-state index contributed by atoms with van der Waals surface area (Å²) in [7, 11) is 1.84. The molecule has 23 heavy (non-hydrogen) atoms. The SMILES string of the molecule is Cn1nc(-c2ccc(N3CCOCC3)nc2)c2c(N)ncnc21. The molecule has 1 aliphatic rings. The largest absolute Gasteiger partial charge is 0.383 e. The molecule has 0 aliphatic carbocycles. The van der Waals surface area contributed by atoms with Gasteiger partial charge in [0.05, 0.1) is 18.6 Å². The molecular weight excluding hydrogens is 294 g/mol. The Hall–Kier alpha value is -2.74. The van der Waals surface area contributed by atoms with Crippen LogP contribution in [0.3, 0.4) is 0 Å². The Morgan fingerprint density at radius 2 is 1.96 bits per heavy atom. The molecule has 118 valence electrons. The number of nitrogens with zero attached hydrogens (tertiary/aromatic N) is 6. The Labute approximate surface area is 132 Å². The topological polar surface area (TPSA) is 95.0 Å². The van der Waals surface area contributed by atoms with Crippen LogP contribution in [0.1, 0.15) is 0 Å². The van der Waals surface area contributed by atoms with E-state index in [0.717, 1.165) is 48.8 Å². The van der Waals surface area contributed by atoms with E-state index in [-0.39, 0.29) is 0 Å². The molecule has 0 atom stereocenters. The van der Waals surface area contributed by atoms with Crippen LogP contribution in [0, 0.1) is 0 Å². The molecule has 0 bridgehead atoms. The maximum Gasteiger partial charge on any atom is 0.163 e. The predicted octanol–water partition coefficient (Wildman–Crippen LogP) is 0.844. The van der Waals surface area contributed by atoms with Crippen LogP contribution in [0.15, 0.2) is 24.7 Å². The minimum Gasteiger partial charge on any atom is -0.383 e. The standard InChI is InChI=1S/C15H17N7O/c1-21-15-12(14(16)18-9-19-15)13(20-21)10-2-3-11(17-8-10)22-4-6-23-7-5-22/h2-3,8-9H,4-7H2,1H3,(H2,16,18,19). The monoisotopic (exact) mass is 311 g/mol. The van der Waals surface area contributed by atoms with E-state index in [9.17, 15) is 0 Å². The zero-order chi connectivity index (χ0) is 15.8. The number of nitrogen functional groups attached to an aromatic ring is 1. The molecule has 2 N–H and O–H groups in total. The molecule has 1 saturated heterocycles. The molecule has 4 rings (SSSR count). The summed E-state index contributed by atoms with van der Waals surface area (Å²) < 4.78 is 7.08. The smallest absolute Gasteiger partial charge is 0.163 e. The molecule has 8 heteroatoms. The van der Waals surface area contributed by atoms with Crippen molar-refractivity contribution in [1.82, 2.24) is 24.7 Å². The minimum atomic E-state index is 0.426. The second kappa shape index (κ2) is 5.47. The second-order valence-electron chi connectivity index (χ2n) is 5.43. The molecule has 8 nitrogen and oxygen atoms in total. The molecule has 0 aromatic carbocycles. The summed E-state index contributed by atoms with van der Waals surface area (Å²) in [6, 6.07) is 4.01. The van der Waals surface area contributed by atoms with Crippen LogP contribution in [0.2, 0.25) is 0 Å². The van der Waals surface area contributed by atoms with Gasteiger partial charge in [0.25, 0.3) is 0 Å². The molecule has 4 heterocycles. The zero-order valence-electron chi connectivity index (χ0n) is 12.8. The third-order valence-electron chi connectivity index (χ3n) is 4.01. The van der Waals surface area contributed by atoms with Gasteiger partial charge in [-0.05, 0) is 12.1 Å². The quantitative estimate of drug-likeness (QED) is 0.749. The lowest BCUT2D eigenvalue weighted by molar-refractivity contribution is 0.122. The van der Waals surface area contributed by atoms with Gasteiger partial charge in [-0.25, -0.2) is 19.6 Å². The summed E-state index contributed by atoms with van der Waals surface area (Å²) >= 11 is 0. The fourth-order valence-electron chi connectivity index (χ4n) is 2.82. The first-order chi connectivity index (χ1) is 11.2. The number of nitrogens with two attached hydrogens (primary N) is 1. The van der Waals surface area contributed by atoms with Crippen LogP contribution in [0.25, 0.3) is 22.3 Å². The van der Waals surface area contributed by atoms with E-state index in [2.05, 4.69) is 25.0 Å². The number of hydrogen-bond acceptors (Lipinski definition) is 7. The van der Waals surface area contributed by atoms with Gasteiger partial charge in [-0.1, -0.05) is 0 Å². The lowest BCUT2D eigenvalue weighted by atomic mass is 10.1. The molecule has 0 saturated carbocycles. The fraction of sp³-hybridized carbons (Fsp3) is 0.333. The van der Waals surface area contributed by atoms with Crippen LogP contribution in [-0.4, -0.2) is 51.0 Å². The average molecular weight is 311 g/mol. The van der Waals surface area contributed by atoms with Crippen molar-refractivity contribution in [2.45, 2.75) is 0 Å². The number of hydrogen-bond donors (Lipinski definition) is 1. The van der Waals surface area contributed by atoms with Gasteiger partial charge in [0, 0.05) is 31.9 Å². The highest BCUT2D eigenvalue weighted by Gasteiger charge is 2.17. The number of anilines is 2.